The number of para-hydroxylation sites is 2. The first-order chi connectivity index (χ1) is 17.1. The molecule has 2 bridgehead atoms. The van der Waals surface area contributed by atoms with Gasteiger partial charge in [-0.25, -0.2) is 9.37 Å². The van der Waals surface area contributed by atoms with E-state index in [-0.39, 0.29) is 17.4 Å². The number of piperidine rings is 3. The van der Waals surface area contributed by atoms with Gasteiger partial charge in [-0.3, -0.25) is 4.79 Å². The number of nitrogens with zero attached hydrogens (tertiary/aromatic N) is 3. The van der Waals surface area contributed by atoms with Crippen molar-refractivity contribution in [2.24, 2.45) is 5.92 Å². The van der Waals surface area contributed by atoms with E-state index < -0.39 is 0 Å². The Kier molecular flexibility index (Phi) is 4.84. The molecule has 35 heavy (non-hydrogen) atoms. The Bertz CT molecular complexity index is 1450. The summed E-state index contributed by atoms with van der Waals surface area (Å²) in [5.74, 6) is 0.799. The molecule has 4 aliphatic rings. The maximum atomic E-state index is 15.5. The maximum Gasteiger partial charge on any atom is 0.261 e. The van der Waals surface area contributed by atoms with E-state index in [4.69, 9.17) is 4.98 Å². The number of imidazole rings is 1. The van der Waals surface area contributed by atoms with Crippen molar-refractivity contribution in [2.45, 2.75) is 31.7 Å². The van der Waals surface area contributed by atoms with Crippen LogP contribution in [0.25, 0.3) is 33.3 Å². The minimum atomic E-state index is -0.251. The molecule has 7 nitrogen and oxygen atoms in total. The number of anilines is 2. The molecule has 0 saturated carbocycles. The Morgan fingerprint density at radius 3 is 2.54 bits per heavy atom. The van der Waals surface area contributed by atoms with Crippen LogP contribution in [0.15, 0.2) is 41.2 Å². The van der Waals surface area contributed by atoms with Gasteiger partial charge in [0.25, 0.3) is 5.56 Å². The molecule has 3 N–H and O–H groups in total. The van der Waals surface area contributed by atoms with Crippen molar-refractivity contribution in [3.8, 4) is 11.4 Å². The largest absolute Gasteiger partial charge is 0.379 e. The predicted octanol–water partition coefficient (Wildman–Crippen LogP) is 4.32. The van der Waals surface area contributed by atoms with Crippen molar-refractivity contribution >= 4 is 33.3 Å². The molecule has 4 saturated heterocycles. The highest BCUT2D eigenvalue weighted by Gasteiger charge is 2.35. The van der Waals surface area contributed by atoms with E-state index in [1.165, 1.54) is 0 Å². The van der Waals surface area contributed by atoms with Crippen LogP contribution in [0.5, 0.6) is 0 Å². The number of hydrogen-bond donors (Lipinski definition) is 3. The number of hydrogen-bond acceptors (Lipinski definition) is 5. The molecule has 0 aliphatic carbocycles. The van der Waals surface area contributed by atoms with E-state index in [1.54, 1.807) is 6.07 Å². The zero-order chi connectivity index (χ0) is 23.5. The molecule has 4 aromatic rings. The number of pyridine rings is 1. The van der Waals surface area contributed by atoms with Gasteiger partial charge in [-0.1, -0.05) is 12.1 Å². The van der Waals surface area contributed by atoms with Gasteiger partial charge in [0, 0.05) is 31.1 Å². The minimum absolute atomic E-state index is 0.215. The van der Waals surface area contributed by atoms with Gasteiger partial charge in [0.1, 0.15) is 17.2 Å². The minimum Gasteiger partial charge on any atom is -0.379 e. The molecule has 180 valence electrons. The van der Waals surface area contributed by atoms with Crippen LogP contribution in [0, 0.1) is 11.7 Å². The third-order valence-electron chi connectivity index (χ3n) is 8.14. The molecule has 0 amide bonds. The van der Waals surface area contributed by atoms with E-state index in [1.807, 2.05) is 30.3 Å². The van der Waals surface area contributed by atoms with Crippen molar-refractivity contribution in [1.82, 2.24) is 19.9 Å². The van der Waals surface area contributed by atoms with Crippen LogP contribution >= 0.6 is 0 Å². The maximum absolute atomic E-state index is 15.5. The van der Waals surface area contributed by atoms with Crippen LogP contribution in [0.3, 0.4) is 0 Å². The van der Waals surface area contributed by atoms with Crippen LogP contribution < -0.4 is 15.8 Å². The summed E-state index contributed by atoms with van der Waals surface area (Å²) in [4.78, 5) is 29.2. The predicted molar refractivity (Wildman–Crippen MR) is 138 cm³/mol. The number of H-pyrrole nitrogens is 2. The summed E-state index contributed by atoms with van der Waals surface area (Å²) in [6, 6.07) is 11.4. The van der Waals surface area contributed by atoms with Crippen LogP contribution in [-0.4, -0.2) is 58.6 Å². The number of rotatable bonds is 4. The lowest BCUT2D eigenvalue weighted by Crippen LogP contribution is -2.53. The highest BCUT2D eigenvalue weighted by molar-refractivity contribution is 6.00. The zero-order valence-electron chi connectivity index (χ0n) is 19.6. The van der Waals surface area contributed by atoms with Crippen molar-refractivity contribution < 1.29 is 4.39 Å². The van der Waals surface area contributed by atoms with Crippen LogP contribution in [-0.2, 0) is 0 Å². The first-order valence-corrected chi connectivity index (χ1v) is 12.7. The Morgan fingerprint density at radius 1 is 1.00 bits per heavy atom. The van der Waals surface area contributed by atoms with Crippen LogP contribution in [0.2, 0.25) is 0 Å². The Morgan fingerprint density at radius 2 is 1.80 bits per heavy atom. The first-order valence-electron chi connectivity index (χ1n) is 12.7. The summed E-state index contributed by atoms with van der Waals surface area (Å²) >= 11 is 0. The summed E-state index contributed by atoms with van der Waals surface area (Å²) in [7, 11) is 0. The van der Waals surface area contributed by atoms with Gasteiger partial charge in [0.15, 0.2) is 0 Å². The second-order valence-electron chi connectivity index (χ2n) is 10.2. The lowest BCUT2D eigenvalue weighted by atomic mass is 9.83. The van der Waals surface area contributed by atoms with Gasteiger partial charge in [-0.2, -0.15) is 0 Å². The lowest BCUT2D eigenvalue weighted by molar-refractivity contribution is 0.0976. The summed E-state index contributed by atoms with van der Waals surface area (Å²) in [5, 5.41) is 4.41. The fourth-order valence-electron chi connectivity index (χ4n) is 6.27. The molecule has 0 unspecified atom stereocenters. The molecule has 0 spiro atoms. The Balaban J connectivity index is 1.42. The highest BCUT2D eigenvalue weighted by Crippen LogP contribution is 2.38. The van der Waals surface area contributed by atoms with Crippen LogP contribution in [0.4, 0.5) is 15.8 Å². The van der Waals surface area contributed by atoms with Crippen molar-refractivity contribution in [2.75, 3.05) is 42.9 Å². The summed E-state index contributed by atoms with van der Waals surface area (Å²) < 4.78 is 15.5. The van der Waals surface area contributed by atoms with Gasteiger partial charge < -0.3 is 25.1 Å². The summed E-state index contributed by atoms with van der Waals surface area (Å²) in [6.07, 6.45) is 4.41. The summed E-state index contributed by atoms with van der Waals surface area (Å²) in [5.41, 5.74) is 3.78. The number of aromatic amines is 2. The molecule has 6 heterocycles. The monoisotopic (exact) mass is 472 g/mol. The molecule has 2 aromatic carbocycles. The third-order valence-corrected chi connectivity index (χ3v) is 8.14. The van der Waals surface area contributed by atoms with Gasteiger partial charge >= 0.3 is 0 Å². The second-order valence-corrected chi connectivity index (χ2v) is 10.2. The third kappa shape index (κ3) is 3.50. The topological polar surface area (TPSA) is 80.1 Å². The van der Waals surface area contributed by atoms with E-state index in [0.717, 1.165) is 69.4 Å². The van der Waals surface area contributed by atoms with Crippen molar-refractivity contribution in [3.05, 3.63) is 52.6 Å². The average molecular weight is 473 g/mol. The Hall–Kier alpha value is -3.39. The lowest BCUT2D eigenvalue weighted by Gasteiger charge is -2.45. The molecule has 4 aliphatic heterocycles. The molecule has 8 heteroatoms. The van der Waals surface area contributed by atoms with Gasteiger partial charge in [0.2, 0.25) is 0 Å². The van der Waals surface area contributed by atoms with Crippen LogP contribution in [0.1, 0.15) is 25.7 Å². The fraction of sp³-hybridized carbons (Fsp3) is 0.407. The molecule has 1 atom stereocenters. The number of benzene rings is 2. The standard InChI is InChI=1S/C27H29FN6O/c28-18-13-17-21(14-23(18)34-9-3-4-10-34)32-27(35)24(26-30-19-5-1-2-6-20(19)31-26)25(17)29-22-15-33-11-7-16(22)8-12-33/h1-2,5-6,13-14,16,22H,3-4,7-12,15H2,(H,30,31)(H2,29,32,35)/t22-/m1/s1. The van der Waals surface area contributed by atoms with Gasteiger partial charge in [0.05, 0.1) is 27.9 Å². The Labute approximate surface area is 202 Å². The molecule has 4 fully saturated rings. The van der Waals surface area contributed by atoms with Gasteiger partial charge in [-0.15, -0.1) is 0 Å². The number of nitrogens with one attached hydrogen (secondary N) is 3. The van der Waals surface area contributed by atoms with E-state index in [2.05, 4.69) is 25.1 Å². The van der Waals surface area contributed by atoms with E-state index in [0.29, 0.717) is 39.6 Å². The summed E-state index contributed by atoms with van der Waals surface area (Å²) in [6.45, 7) is 4.88. The quantitative estimate of drug-likeness (QED) is 0.412. The molecule has 8 rings (SSSR count). The molecule has 2 aromatic heterocycles. The van der Waals surface area contributed by atoms with E-state index in [9.17, 15) is 4.79 Å². The normalized spacial score (nSPS) is 24.0. The average Bonchev–Trinajstić information content (AvgIpc) is 3.55. The van der Waals surface area contributed by atoms with Crippen molar-refractivity contribution in [1.29, 1.82) is 0 Å². The van der Waals surface area contributed by atoms with E-state index >= 15 is 4.39 Å². The first kappa shape index (κ1) is 20.9. The zero-order valence-corrected chi connectivity index (χ0v) is 19.6. The fourth-order valence-corrected chi connectivity index (χ4v) is 6.27. The number of halogens is 1. The number of fused-ring (bicyclic) bond motifs is 5. The molecule has 0 radical (unpaired) electrons. The smallest absolute Gasteiger partial charge is 0.261 e. The van der Waals surface area contributed by atoms with Gasteiger partial charge in [-0.05, 0) is 69.0 Å². The molecular formula is C27H29FN6O. The molecular weight excluding hydrogens is 443 g/mol. The highest BCUT2D eigenvalue weighted by atomic mass is 19.1. The SMILES string of the molecule is O=c1[nH]c2cc(N3CCCC3)c(F)cc2c(N[C@@H]2CN3CCC2CC3)c1-c1nc2ccccc2[nH]1. The second kappa shape index (κ2) is 8.09. The van der Waals surface area contributed by atoms with Crippen molar-refractivity contribution in [3.63, 3.8) is 0 Å². The number of aromatic nitrogens is 3.